The topological polar surface area (TPSA) is 104 Å². The molecule has 156 valence electrons. The zero-order chi connectivity index (χ0) is 21.7. The van der Waals surface area contributed by atoms with Crippen LogP contribution in [0.5, 0.6) is 0 Å². The summed E-state index contributed by atoms with van der Waals surface area (Å²) in [6.45, 7) is 3.56. The highest BCUT2D eigenvalue weighted by Crippen LogP contribution is 2.33. The normalized spacial score (nSPS) is 20.1. The monoisotopic (exact) mass is 420 g/mol. The molecule has 0 spiro atoms. The van der Waals surface area contributed by atoms with Crippen LogP contribution in [0.2, 0.25) is 0 Å². The average molecular weight is 420 g/mol. The lowest BCUT2D eigenvalue weighted by molar-refractivity contribution is -0.123. The minimum Gasteiger partial charge on any atom is -0.337 e. The molecule has 10 heteroatoms. The molecule has 1 saturated heterocycles. The Labute approximate surface area is 176 Å². The summed E-state index contributed by atoms with van der Waals surface area (Å²) >= 11 is 0. The summed E-state index contributed by atoms with van der Waals surface area (Å²) in [5, 5.41) is 13.3. The molecule has 0 aliphatic carbocycles. The number of hydrogen-bond donors (Lipinski definition) is 0. The molecule has 0 bridgehead atoms. The SMILES string of the molecule is Cc1ccc(N2C(=O)[C@H]3N=NN(Cc4nc(-c5ccccc5C)no4)[C@H]3C2=O)cc1F. The second-order valence-corrected chi connectivity index (χ2v) is 7.46. The van der Waals surface area contributed by atoms with E-state index in [9.17, 15) is 14.0 Å². The van der Waals surface area contributed by atoms with Crippen molar-refractivity contribution in [3.63, 3.8) is 0 Å². The van der Waals surface area contributed by atoms with Crippen LogP contribution in [0.3, 0.4) is 0 Å². The van der Waals surface area contributed by atoms with Crippen LogP contribution in [0.1, 0.15) is 17.0 Å². The van der Waals surface area contributed by atoms with Crippen LogP contribution in [0.15, 0.2) is 57.3 Å². The van der Waals surface area contributed by atoms with Crippen molar-refractivity contribution in [3.05, 3.63) is 65.3 Å². The maximum absolute atomic E-state index is 14.0. The van der Waals surface area contributed by atoms with Gasteiger partial charge in [0, 0.05) is 5.56 Å². The quantitative estimate of drug-likeness (QED) is 0.601. The third-order valence-corrected chi connectivity index (χ3v) is 5.42. The highest BCUT2D eigenvalue weighted by molar-refractivity contribution is 6.25. The van der Waals surface area contributed by atoms with Crippen molar-refractivity contribution in [3.8, 4) is 11.4 Å². The largest absolute Gasteiger partial charge is 0.337 e. The maximum Gasteiger partial charge on any atom is 0.263 e. The summed E-state index contributed by atoms with van der Waals surface area (Å²) in [6.07, 6.45) is 0. The highest BCUT2D eigenvalue weighted by Gasteiger charge is 2.55. The molecule has 0 N–H and O–H groups in total. The predicted octanol–water partition coefficient (Wildman–Crippen LogP) is 2.99. The molecule has 3 aromatic rings. The Hall–Kier alpha value is -3.95. The molecule has 5 rings (SSSR count). The molecule has 2 aromatic carbocycles. The number of carbonyl (C=O) groups excluding carboxylic acids is 2. The van der Waals surface area contributed by atoms with Gasteiger partial charge in [0.05, 0.1) is 5.69 Å². The molecule has 31 heavy (non-hydrogen) atoms. The van der Waals surface area contributed by atoms with Crippen LogP contribution < -0.4 is 4.90 Å². The van der Waals surface area contributed by atoms with E-state index in [0.717, 1.165) is 16.0 Å². The van der Waals surface area contributed by atoms with E-state index < -0.39 is 29.7 Å². The minimum absolute atomic E-state index is 0.0126. The van der Waals surface area contributed by atoms with Gasteiger partial charge in [-0.05, 0) is 37.1 Å². The van der Waals surface area contributed by atoms with Crippen molar-refractivity contribution in [2.24, 2.45) is 10.3 Å². The molecule has 2 atom stereocenters. The predicted molar refractivity (Wildman–Crippen MR) is 106 cm³/mol. The fraction of sp³-hybridized carbons (Fsp3) is 0.238. The van der Waals surface area contributed by atoms with Crippen LogP contribution in [0, 0.1) is 19.7 Å². The zero-order valence-corrected chi connectivity index (χ0v) is 16.7. The van der Waals surface area contributed by atoms with Crippen molar-refractivity contribution in [2.45, 2.75) is 32.5 Å². The first-order chi connectivity index (χ1) is 14.9. The number of amides is 2. The van der Waals surface area contributed by atoms with E-state index in [2.05, 4.69) is 20.5 Å². The number of imide groups is 1. The Morgan fingerprint density at radius 3 is 2.65 bits per heavy atom. The Kier molecular flexibility index (Phi) is 4.35. The molecule has 9 nitrogen and oxygen atoms in total. The van der Waals surface area contributed by atoms with Gasteiger partial charge in [-0.15, -0.1) is 0 Å². The van der Waals surface area contributed by atoms with Crippen molar-refractivity contribution in [2.75, 3.05) is 4.90 Å². The third-order valence-electron chi connectivity index (χ3n) is 5.42. The smallest absolute Gasteiger partial charge is 0.263 e. The van der Waals surface area contributed by atoms with Crippen molar-refractivity contribution >= 4 is 17.5 Å². The molecular formula is C21H17FN6O3. The van der Waals surface area contributed by atoms with Gasteiger partial charge < -0.3 is 4.52 Å². The standard InChI is InChI=1S/C21H17FN6O3/c1-11-5-3-4-6-14(11)19-23-16(31-25-19)10-27-18-17(24-26-27)20(29)28(21(18)30)13-8-7-12(2)15(22)9-13/h3-9,17-18H,10H2,1-2H3/t17-,18+/m0/s1. The summed E-state index contributed by atoms with van der Waals surface area (Å²) in [5.74, 6) is -0.912. The van der Waals surface area contributed by atoms with Crippen LogP contribution in [-0.4, -0.2) is 39.0 Å². The second kappa shape index (κ2) is 7.08. The summed E-state index contributed by atoms with van der Waals surface area (Å²) in [4.78, 5) is 31.1. The Morgan fingerprint density at radius 1 is 1.06 bits per heavy atom. The molecular weight excluding hydrogens is 403 g/mol. The van der Waals surface area contributed by atoms with Gasteiger partial charge in [-0.2, -0.15) is 10.1 Å². The van der Waals surface area contributed by atoms with E-state index in [-0.39, 0.29) is 18.1 Å². The van der Waals surface area contributed by atoms with Crippen molar-refractivity contribution in [1.29, 1.82) is 0 Å². The number of fused-ring (bicyclic) bond motifs is 1. The van der Waals surface area contributed by atoms with E-state index in [0.29, 0.717) is 11.4 Å². The zero-order valence-electron chi connectivity index (χ0n) is 16.7. The minimum atomic E-state index is -0.990. The van der Waals surface area contributed by atoms with Gasteiger partial charge in [-0.1, -0.05) is 40.7 Å². The molecule has 2 amide bonds. The summed E-state index contributed by atoms with van der Waals surface area (Å²) in [5.41, 5.74) is 2.42. The van der Waals surface area contributed by atoms with E-state index in [1.54, 1.807) is 6.92 Å². The number of carbonyl (C=O) groups is 2. The molecule has 3 heterocycles. The average Bonchev–Trinajstić information content (AvgIpc) is 3.43. The second-order valence-electron chi connectivity index (χ2n) is 7.46. The van der Waals surface area contributed by atoms with Crippen molar-refractivity contribution < 1.29 is 18.5 Å². The number of rotatable bonds is 4. The fourth-order valence-corrected chi connectivity index (χ4v) is 3.72. The van der Waals surface area contributed by atoms with Crippen LogP contribution >= 0.6 is 0 Å². The van der Waals surface area contributed by atoms with Gasteiger partial charge in [-0.3, -0.25) is 14.6 Å². The lowest BCUT2D eigenvalue weighted by Gasteiger charge is -2.19. The lowest BCUT2D eigenvalue weighted by atomic mass is 10.1. The number of halogens is 1. The van der Waals surface area contributed by atoms with Crippen molar-refractivity contribution in [1.82, 2.24) is 15.1 Å². The molecule has 1 aromatic heterocycles. The number of aromatic nitrogens is 2. The first kappa shape index (κ1) is 19.0. The molecule has 0 saturated carbocycles. The van der Waals surface area contributed by atoms with E-state index in [4.69, 9.17) is 4.52 Å². The molecule has 2 aliphatic rings. The van der Waals surface area contributed by atoms with Gasteiger partial charge in [-0.25, -0.2) is 9.29 Å². The Morgan fingerprint density at radius 2 is 1.87 bits per heavy atom. The van der Waals surface area contributed by atoms with Gasteiger partial charge in [0.1, 0.15) is 12.4 Å². The van der Waals surface area contributed by atoms with Gasteiger partial charge in [0.15, 0.2) is 12.1 Å². The first-order valence-electron chi connectivity index (χ1n) is 9.64. The number of aryl methyl sites for hydroxylation is 2. The lowest BCUT2D eigenvalue weighted by Crippen LogP contribution is -2.39. The van der Waals surface area contributed by atoms with E-state index in [1.807, 2.05) is 31.2 Å². The van der Waals surface area contributed by atoms with E-state index in [1.165, 1.54) is 23.2 Å². The number of benzene rings is 2. The molecule has 0 radical (unpaired) electrons. The van der Waals surface area contributed by atoms with Crippen LogP contribution in [0.4, 0.5) is 10.1 Å². The van der Waals surface area contributed by atoms with Gasteiger partial charge >= 0.3 is 0 Å². The summed E-state index contributed by atoms with van der Waals surface area (Å²) in [7, 11) is 0. The molecule has 1 fully saturated rings. The molecule has 2 aliphatic heterocycles. The Balaban J connectivity index is 1.38. The van der Waals surface area contributed by atoms with Gasteiger partial charge in [0.25, 0.3) is 11.8 Å². The summed E-state index contributed by atoms with van der Waals surface area (Å²) in [6, 6.07) is 9.90. The third kappa shape index (κ3) is 3.07. The Bertz CT molecular complexity index is 1240. The number of nitrogens with zero attached hydrogens (tertiary/aromatic N) is 6. The van der Waals surface area contributed by atoms with Crippen LogP contribution in [0.25, 0.3) is 11.4 Å². The fourth-order valence-electron chi connectivity index (χ4n) is 3.72. The van der Waals surface area contributed by atoms with E-state index >= 15 is 0 Å². The highest BCUT2D eigenvalue weighted by atomic mass is 19.1. The number of anilines is 1. The first-order valence-corrected chi connectivity index (χ1v) is 9.64. The van der Waals surface area contributed by atoms with Crippen LogP contribution in [-0.2, 0) is 16.1 Å². The molecule has 0 unspecified atom stereocenters. The summed E-state index contributed by atoms with van der Waals surface area (Å²) < 4.78 is 19.3. The van der Waals surface area contributed by atoms with Gasteiger partial charge in [0.2, 0.25) is 11.7 Å². The maximum atomic E-state index is 14.0. The number of hydrogen-bond acceptors (Lipinski definition) is 8.